The van der Waals surface area contributed by atoms with Crippen LogP contribution >= 0.6 is 0 Å². The molecule has 74 valence electrons. The molecule has 4 heteroatoms. The Morgan fingerprint density at radius 1 is 1.40 bits per heavy atom. The van der Waals surface area contributed by atoms with Crippen molar-refractivity contribution in [1.29, 1.82) is 0 Å². The van der Waals surface area contributed by atoms with E-state index in [0.29, 0.717) is 17.5 Å². The smallest absolute Gasteiger partial charge is 0.186 e. The zero-order chi connectivity index (χ0) is 10.4. The van der Waals surface area contributed by atoms with E-state index in [1.54, 1.807) is 29.1 Å². The van der Waals surface area contributed by atoms with Crippen LogP contribution in [-0.4, -0.2) is 21.8 Å². The number of hydrogen-bond donors (Lipinski definition) is 1. The summed E-state index contributed by atoms with van der Waals surface area (Å²) in [6, 6.07) is 6.85. The van der Waals surface area contributed by atoms with Crippen LogP contribution in [0.2, 0.25) is 0 Å². The van der Waals surface area contributed by atoms with Gasteiger partial charge in [-0.2, -0.15) is 5.10 Å². The molecule has 1 aliphatic rings. The fourth-order valence-electron chi connectivity index (χ4n) is 1.83. The highest BCUT2D eigenvalue weighted by Gasteiger charge is 2.18. The summed E-state index contributed by atoms with van der Waals surface area (Å²) in [7, 11) is 0. The van der Waals surface area contributed by atoms with Gasteiger partial charge in [-0.3, -0.25) is 4.79 Å². The van der Waals surface area contributed by atoms with E-state index in [1.165, 1.54) is 0 Å². The van der Waals surface area contributed by atoms with Crippen LogP contribution in [0.5, 0.6) is 5.75 Å². The van der Waals surface area contributed by atoms with Gasteiger partial charge in [0.1, 0.15) is 11.4 Å². The van der Waals surface area contributed by atoms with Gasteiger partial charge < -0.3 is 5.11 Å². The number of phenolic OH excluding ortho intramolecular Hbond substituents is 1. The summed E-state index contributed by atoms with van der Waals surface area (Å²) in [5.74, 6) is 0.206. The molecule has 0 saturated heterocycles. The molecule has 1 aromatic carbocycles. The monoisotopic (exact) mass is 200 g/mol. The molecule has 0 spiro atoms. The fourth-order valence-corrected chi connectivity index (χ4v) is 1.83. The summed E-state index contributed by atoms with van der Waals surface area (Å²) >= 11 is 0. The number of hydrogen-bond acceptors (Lipinski definition) is 3. The second-order valence-corrected chi connectivity index (χ2v) is 3.48. The third-order valence-electron chi connectivity index (χ3n) is 2.56. The Hall–Kier alpha value is -2.10. The van der Waals surface area contributed by atoms with Gasteiger partial charge in [-0.15, -0.1) is 0 Å². The highest BCUT2D eigenvalue weighted by Crippen LogP contribution is 2.29. The van der Waals surface area contributed by atoms with Gasteiger partial charge in [-0.1, -0.05) is 6.07 Å². The van der Waals surface area contributed by atoms with E-state index in [2.05, 4.69) is 5.10 Å². The van der Waals surface area contributed by atoms with Gasteiger partial charge in [0.2, 0.25) is 0 Å². The van der Waals surface area contributed by atoms with Crippen molar-refractivity contribution in [2.24, 2.45) is 5.10 Å². The van der Waals surface area contributed by atoms with Crippen molar-refractivity contribution in [2.75, 3.05) is 0 Å². The number of phenols is 1. The Morgan fingerprint density at radius 2 is 2.27 bits per heavy atom. The summed E-state index contributed by atoms with van der Waals surface area (Å²) in [5, 5.41) is 14.4. The van der Waals surface area contributed by atoms with Crippen LogP contribution in [-0.2, 0) is 0 Å². The topological polar surface area (TPSA) is 54.6 Å². The molecule has 15 heavy (non-hydrogen) atoms. The second-order valence-electron chi connectivity index (χ2n) is 3.48. The van der Waals surface area contributed by atoms with Crippen molar-refractivity contribution < 1.29 is 9.90 Å². The summed E-state index contributed by atoms with van der Waals surface area (Å²) in [6.45, 7) is 0. The minimum Gasteiger partial charge on any atom is -0.507 e. The number of carbonyl (C=O) groups excluding carboxylic acids is 1. The van der Waals surface area contributed by atoms with E-state index in [0.717, 1.165) is 5.52 Å². The Bertz CT molecular complexity index is 596. The average Bonchev–Trinajstić information content (AvgIpc) is 2.60. The quantitative estimate of drug-likeness (QED) is 0.704. The zero-order valence-corrected chi connectivity index (χ0v) is 7.84. The highest BCUT2D eigenvalue weighted by molar-refractivity contribution is 6.08. The number of ketones is 1. The lowest BCUT2D eigenvalue weighted by atomic mass is 10.2. The van der Waals surface area contributed by atoms with Crippen molar-refractivity contribution in [3.05, 3.63) is 30.0 Å². The minimum absolute atomic E-state index is 0.0283. The van der Waals surface area contributed by atoms with Crippen LogP contribution < -0.4 is 0 Å². The molecule has 0 amide bonds. The van der Waals surface area contributed by atoms with Crippen molar-refractivity contribution in [3.63, 3.8) is 0 Å². The van der Waals surface area contributed by atoms with Crippen molar-refractivity contribution in [1.82, 2.24) is 4.68 Å². The highest BCUT2D eigenvalue weighted by atomic mass is 16.3. The van der Waals surface area contributed by atoms with Gasteiger partial charge in [-0.25, -0.2) is 4.68 Å². The first-order valence-corrected chi connectivity index (χ1v) is 4.67. The van der Waals surface area contributed by atoms with Crippen LogP contribution in [0, 0.1) is 0 Å². The third-order valence-corrected chi connectivity index (χ3v) is 2.56. The maximum atomic E-state index is 11.6. The van der Waals surface area contributed by atoms with Gasteiger partial charge in [0.15, 0.2) is 5.78 Å². The number of aromatic hydroxyl groups is 1. The molecule has 3 rings (SSSR count). The van der Waals surface area contributed by atoms with E-state index < -0.39 is 0 Å². The molecule has 0 atom stereocenters. The number of benzene rings is 1. The Balaban J connectivity index is 2.46. The summed E-state index contributed by atoms with van der Waals surface area (Å²) in [4.78, 5) is 11.6. The number of nitrogens with zero attached hydrogens (tertiary/aromatic N) is 2. The number of rotatable bonds is 0. The van der Waals surface area contributed by atoms with Crippen LogP contribution in [0.15, 0.2) is 29.4 Å². The predicted molar refractivity (Wildman–Crippen MR) is 56.4 cm³/mol. The maximum Gasteiger partial charge on any atom is 0.186 e. The number of aromatic nitrogens is 1. The molecule has 4 nitrogen and oxygen atoms in total. The maximum absolute atomic E-state index is 11.6. The van der Waals surface area contributed by atoms with Crippen molar-refractivity contribution >= 4 is 22.9 Å². The second kappa shape index (κ2) is 2.70. The Morgan fingerprint density at radius 3 is 3.13 bits per heavy atom. The Labute approximate surface area is 85.4 Å². The first-order chi connectivity index (χ1) is 7.27. The lowest BCUT2D eigenvalue weighted by Gasteiger charge is -2.06. The van der Waals surface area contributed by atoms with E-state index in [1.807, 2.05) is 6.07 Å². The van der Waals surface area contributed by atoms with Crippen LogP contribution in [0.4, 0.5) is 0 Å². The molecule has 0 aliphatic carbocycles. The van der Waals surface area contributed by atoms with E-state index in [4.69, 9.17) is 0 Å². The summed E-state index contributed by atoms with van der Waals surface area (Å²) < 4.78 is 1.57. The molecule has 0 radical (unpaired) electrons. The fraction of sp³-hybridized carbons (Fsp3) is 0.0909. The zero-order valence-electron chi connectivity index (χ0n) is 7.84. The van der Waals surface area contributed by atoms with Crippen molar-refractivity contribution in [3.8, 4) is 5.75 Å². The first-order valence-electron chi connectivity index (χ1n) is 4.67. The molecule has 0 saturated carbocycles. The van der Waals surface area contributed by atoms with Crippen LogP contribution in [0.25, 0.3) is 10.9 Å². The van der Waals surface area contributed by atoms with E-state index >= 15 is 0 Å². The first kappa shape index (κ1) is 8.23. The number of Topliss-reactive ketones (excluding diaryl/α,β-unsaturated/α-hetero) is 1. The molecule has 1 N–H and O–H groups in total. The largest absolute Gasteiger partial charge is 0.507 e. The number of carbonyl (C=O) groups is 1. The normalized spacial score (nSPS) is 14.5. The molecule has 1 aliphatic heterocycles. The Kier molecular flexibility index (Phi) is 1.48. The average molecular weight is 200 g/mol. The minimum atomic E-state index is 0.0283. The lowest BCUT2D eigenvalue weighted by Crippen LogP contribution is -2.11. The molecule has 0 unspecified atom stereocenters. The van der Waals surface area contributed by atoms with Crippen LogP contribution in [0.3, 0.4) is 0 Å². The molecule has 2 aromatic rings. The van der Waals surface area contributed by atoms with E-state index in [9.17, 15) is 9.90 Å². The molecule has 0 bridgehead atoms. The molecule has 1 aromatic heterocycles. The SMILES string of the molecule is O=C1CC=Nn2c1cc1c(O)cccc12. The number of fused-ring (bicyclic) bond motifs is 3. The van der Waals surface area contributed by atoms with Gasteiger partial charge in [0.25, 0.3) is 0 Å². The van der Waals surface area contributed by atoms with Gasteiger partial charge in [0.05, 0.1) is 5.52 Å². The lowest BCUT2D eigenvalue weighted by molar-refractivity contribution is 0.0990. The molecular weight excluding hydrogens is 192 g/mol. The third kappa shape index (κ3) is 1.01. The standard InChI is InChI=1S/C11H8N2O2/c14-10-3-1-2-8-7(10)6-9-11(15)4-5-12-13(8)9/h1-3,5-6,14H,4H2. The van der Waals surface area contributed by atoms with Crippen molar-refractivity contribution in [2.45, 2.75) is 6.42 Å². The molecule has 0 fully saturated rings. The van der Waals surface area contributed by atoms with Gasteiger partial charge >= 0.3 is 0 Å². The summed E-state index contributed by atoms with van der Waals surface area (Å²) in [6.07, 6.45) is 1.91. The van der Waals surface area contributed by atoms with E-state index in [-0.39, 0.29) is 11.5 Å². The summed E-state index contributed by atoms with van der Waals surface area (Å²) in [5.41, 5.74) is 1.29. The molecular formula is C11H8N2O2. The van der Waals surface area contributed by atoms with Gasteiger partial charge in [0, 0.05) is 18.0 Å². The van der Waals surface area contributed by atoms with Gasteiger partial charge in [-0.05, 0) is 18.2 Å². The van der Waals surface area contributed by atoms with Crippen LogP contribution in [0.1, 0.15) is 16.9 Å². The molecule has 2 heterocycles. The predicted octanol–water partition coefficient (Wildman–Crippen LogP) is 1.77.